The fraction of sp³-hybridized carbons (Fsp3) is 0.333. The lowest BCUT2D eigenvalue weighted by Gasteiger charge is -2.02. The summed E-state index contributed by atoms with van der Waals surface area (Å²) >= 11 is 0. The van der Waals surface area contributed by atoms with Crippen molar-refractivity contribution in [1.29, 1.82) is 0 Å². The molecule has 0 amide bonds. The fourth-order valence-corrected chi connectivity index (χ4v) is 1.99. The number of carbonyl (C=O) groups is 1. The van der Waals surface area contributed by atoms with Crippen LogP contribution in [0.5, 0.6) is 0 Å². The van der Waals surface area contributed by atoms with Gasteiger partial charge in [-0.15, -0.1) is 0 Å². The summed E-state index contributed by atoms with van der Waals surface area (Å²) in [6.07, 6.45) is -2.91. The second-order valence-corrected chi connectivity index (χ2v) is 4.57. The highest BCUT2D eigenvalue weighted by Crippen LogP contribution is 2.30. The van der Waals surface area contributed by atoms with Crippen molar-refractivity contribution in [3.05, 3.63) is 40.8 Å². The van der Waals surface area contributed by atoms with Crippen LogP contribution < -0.4 is 0 Å². The molecule has 112 valence electrons. The van der Waals surface area contributed by atoms with E-state index in [9.17, 15) is 13.6 Å². The topological polar surface area (TPSA) is 52.3 Å². The maximum atomic E-state index is 13.0. The molecule has 1 aromatic carbocycles. The van der Waals surface area contributed by atoms with Gasteiger partial charge in [-0.25, -0.2) is 18.6 Å². The number of ether oxygens (including phenoxy) is 1. The quantitative estimate of drug-likeness (QED) is 0.798. The van der Waals surface area contributed by atoms with Crippen LogP contribution in [0.15, 0.2) is 22.6 Å². The highest BCUT2D eigenvalue weighted by atomic mass is 19.3. The largest absolute Gasteiger partial charge is 0.460 e. The first kappa shape index (κ1) is 15.2. The zero-order valence-electron chi connectivity index (χ0n) is 11.9. The lowest BCUT2D eigenvalue weighted by molar-refractivity contribution is 0.0476. The van der Waals surface area contributed by atoms with Gasteiger partial charge in [0.05, 0.1) is 6.61 Å². The van der Waals surface area contributed by atoms with Crippen LogP contribution in [0.2, 0.25) is 0 Å². The van der Waals surface area contributed by atoms with Gasteiger partial charge in [-0.1, -0.05) is 17.7 Å². The molecule has 0 saturated carbocycles. The summed E-state index contributed by atoms with van der Waals surface area (Å²) in [4.78, 5) is 15.4. The number of oxazole rings is 1. The minimum absolute atomic E-state index is 0.00847. The molecule has 1 heterocycles. The second kappa shape index (κ2) is 6.03. The maximum Gasteiger partial charge on any atom is 0.376 e. The van der Waals surface area contributed by atoms with Crippen molar-refractivity contribution < 1.29 is 22.7 Å². The Morgan fingerprint density at radius 2 is 2.10 bits per heavy atom. The lowest BCUT2D eigenvalue weighted by Crippen LogP contribution is -2.06. The van der Waals surface area contributed by atoms with Crippen molar-refractivity contribution in [3.8, 4) is 11.5 Å². The molecule has 0 bridgehead atoms. The van der Waals surface area contributed by atoms with Gasteiger partial charge in [-0.05, 0) is 32.4 Å². The Morgan fingerprint density at radius 3 is 2.67 bits per heavy atom. The molecule has 1 aromatic heterocycles. The number of rotatable bonds is 4. The molecule has 0 aliphatic carbocycles. The predicted octanol–water partition coefficient (Wildman–Crippen LogP) is 4.07. The van der Waals surface area contributed by atoms with Gasteiger partial charge in [0.25, 0.3) is 6.43 Å². The highest BCUT2D eigenvalue weighted by molar-refractivity contribution is 5.88. The minimum Gasteiger partial charge on any atom is -0.460 e. The van der Waals surface area contributed by atoms with Crippen LogP contribution in [0, 0.1) is 13.8 Å². The first-order chi connectivity index (χ1) is 9.93. The van der Waals surface area contributed by atoms with E-state index in [0.29, 0.717) is 5.56 Å². The fourth-order valence-electron chi connectivity index (χ4n) is 1.99. The number of carbonyl (C=O) groups excluding carboxylic acids is 1. The zero-order valence-corrected chi connectivity index (χ0v) is 11.9. The Morgan fingerprint density at radius 1 is 1.38 bits per heavy atom. The van der Waals surface area contributed by atoms with Gasteiger partial charge in [0.15, 0.2) is 5.69 Å². The second-order valence-electron chi connectivity index (χ2n) is 4.57. The van der Waals surface area contributed by atoms with Crippen LogP contribution >= 0.6 is 0 Å². The number of halogens is 2. The van der Waals surface area contributed by atoms with Crippen LogP contribution in [0.3, 0.4) is 0 Å². The first-order valence-electron chi connectivity index (χ1n) is 6.47. The monoisotopic (exact) mass is 295 g/mol. The van der Waals surface area contributed by atoms with E-state index in [4.69, 9.17) is 9.15 Å². The molecule has 0 spiro atoms. The molecule has 0 unspecified atom stereocenters. The van der Waals surface area contributed by atoms with Crippen LogP contribution in [0.4, 0.5) is 8.78 Å². The Kier molecular flexibility index (Phi) is 4.35. The van der Waals surface area contributed by atoms with Crippen molar-refractivity contribution in [2.24, 2.45) is 0 Å². The van der Waals surface area contributed by atoms with Gasteiger partial charge in [0.2, 0.25) is 11.7 Å². The molecule has 4 nitrogen and oxygen atoms in total. The van der Waals surface area contributed by atoms with E-state index in [1.807, 2.05) is 26.0 Å². The van der Waals surface area contributed by atoms with Crippen molar-refractivity contribution in [2.45, 2.75) is 27.2 Å². The number of alkyl halides is 2. The summed E-state index contributed by atoms with van der Waals surface area (Å²) in [6.45, 7) is 5.39. The van der Waals surface area contributed by atoms with Crippen LogP contribution in [0.1, 0.15) is 40.7 Å². The molecule has 0 atom stereocenters. The normalized spacial score (nSPS) is 11.0. The summed E-state index contributed by atoms with van der Waals surface area (Å²) < 4.78 is 35.9. The summed E-state index contributed by atoms with van der Waals surface area (Å²) in [7, 11) is 0. The highest BCUT2D eigenvalue weighted by Gasteiger charge is 2.28. The van der Waals surface area contributed by atoms with E-state index in [1.54, 1.807) is 13.0 Å². The average molecular weight is 295 g/mol. The number of aryl methyl sites for hydroxylation is 2. The molecule has 0 saturated heterocycles. The Hall–Kier alpha value is -2.24. The van der Waals surface area contributed by atoms with E-state index >= 15 is 0 Å². The molecule has 21 heavy (non-hydrogen) atoms. The van der Waals surface area contributed by atoms with Gasteiger partial charge in [0.1, 0.15) is 0 Å². The van der Waals surface area contributed by atoms with E-state index in [1.165, 1.54) is 0 Å². The molecule has 0 N–H and O–H groups in total. The molecule has 0 aliphatic rings. The zero-order chi connectivity index (χ0) is 15.6. The third-order valence-corrected chi connectivity index (χ3v) is 2.93. The summed E-state index contributed by atoms with van der Waals surface area (Å²) in [5.74, 6) is -1.48. The predicted molar refractivity (Wildman–Crippen MR) is 72.3 cm³/mol. The minimum atomic E-state index is -2.91. The Balaban J connectivity index is 2.51. The van der Waals surface area contributed by atoms with Crippen LogP contribution in [0.25, 0.3) is 11.5 Å². The number of nitrogens with zero attached hydrogens (tertiary/aromatic N) is 1. The first-order valence-corrected chi connectivity index (χ1v) is 6.47. The number of hydrogen-bond donors (Lipinski definition) is 0. The Labute approximate surface area is 120 Å². The third-order valence-electron chi connectivity index (χ3n) is 2.93. The molecular weight excluding hydrogens is 280 g/mol. The molecule has 6 heteroatoms. The molecule has 2 rings (SSSR count). The standard InChI is InChI=1S/C15H15F2NO3/c1-4-20-15(19)12-11(13(16)17)18-14(21-12)10-6-5-8(2)7-9(10)3/h5-7,13H,4H2,1-3H3. The van der Waals surface area contributed by atoms with E-state index < -0.39 is 23.8 Å². The lowest BCUT2D eigenvalue weighted by atomic mass is 10.1. The summed E-state index contributed by atoms with van der Waals surface area (Å²) in [5, 5.41) is 0. The van der Waals surface area contributed by atoms with Crippen LogP contribution in [-0.2, 0) is 4.74 Å². The number of aromatic nitrogens is 1. The smallest absolute Gasteiger partial charge is 0.376 e. The van der Waals surface area contributed by atoms with Crippen molar-refractivity contribution in [1.82, 2.24) is 4.98 Å². The van der Waals surface area contributed by atoms with E-state index in [0.717, 1.165) is 11.1 Å². The van der Waals surface area contributed by atoms with Crippen molar-refractivity contribution >= 4 is 5.97 Å². The summed E-state index contributed by atoms with van der Waals surface area (Å²) in [5.41, 5.74) is 1.73. The number of hydrogen-bond acceptors (Lipinski definition) is 4. The maximum absolute atomic E-state index is 13.0. The molecule has 0 radical (unpaired) electrons. The van der Waals surface area contributed by atoms with Gasteiger partial charge >= 0.3 is 5.97 Å². The van der Waals surface area contributed by atoms with Gasteiger partial charge < -0.3 is 9.15 Å². The molecule has 0 fully saturated rings. The van der Waals surface area contributed by atoms with Crippen molar-refractivity contribution in [2.75, 3.05) is 6.61 Å². The van der Waals surface area contributed by atoms with Gasteiger partial charge in [-0.2, -0.15) is 0 Å². The molecule has 2 aromatic rings. The molecule has 0 aliphatic heterocycles. The number of esters is 1. The van der Waals surface area contributed by atoms with Gasteiger partial charge in [-0.3, -0.25) is 0 Å². The van der Waals surface area contributed by atoms with Crippen LogP contribution in [-0.4, -0.2) is 17.6 Å². The number of benzene rings is 1. The van der Waals surface area contributed by atoms with Crippen molar-refractivity contribution in [3.63, 3.8) is 0 Å². The van der Waals surface area contributed by atoms with Gasteiger partial charge in [0, 0.05) is 5.56 Å². The van der Waals surface area contributed by atoms with E-state index in [-0.39, 0.29) is 12.5 Å². The third kappa shape index (κ3) is 3.09. The average Bonchev–Trinajstić information content (AvgIpc) is 2.84. The Bertz CT molecular complexity index is 665. The SMILES string of the molecule is CCOC(=O)c1oc(-c2ccc(C)cc2C)nc1C(F)F. The van der Waals surface area contributed by atoms with E-state index in [2.05, 4.69) is 4.98 Å². The summed E-state index contributed by atoms with van der Waals surface area (Å²) in [6, 6.07) is 5.42. The molecular formula is C15H15F2NO3.